The first-order valence-electron chi connectivity index (χ1n) is 6.72. The lowest BCUT2D eigenvalue weighted by molar-refractivity contribution is -0.287. The first kappa shape index (κ1) is 12.9. The van der Waals surface area contributed by atoms with Crippen LogP contribution >= 0.6 is 0 Å². The van der Waals surface area contributed by atoms with Crippen molar-refractivity contribution in [1.82, 2.24) is 0 Å². The van der Waals surface area contributed by atoms with Gasteiger partial charge in [-0.25, -0.2) is 0 Å². The average molecular weight is 270 g/mol. The van der Waals surface area contributed by atoms with Gasteiger partial charge in [0, 0.05) is 6.42 Å². The van der Waals surface area contributed by atoms with E-state index in [4.69, 9.17) is 14.9 Å². The standard InChI is InChI=1S/C14H14N4O2/c1-9-12(6-15,7-16)13(8-17)10-4-2-3-5-14(10,19-9)20-11(13)18/h9-10,18H,2-5H2,1H3/t9-,10+,13-,14+/m0/s1. The van der Waals surface area contributed by atoms with Crippen molar-refractivity contribution in [2.75, 3.05) is 0 Å². The normalized spacial score (nSPS) is 44.4. The van der Waals surface area contributed by atoms with Crippen LogP contribution in [0.4, 0.5) is 0 Å². The molecule has 0 aromatic rings. The fourth-order valence-corrected chi connectivity index (χ4v) is 4.12. The molecule has 1 saturated carbocycles. The molecule has 4 atom stereocenters. The van der Waals surface area contributed by atoms with Crippen LogP contribution in [0.5, 0.6) is 0 Å². The fraction of sp³-hybridized carbons (Fsp3) is 0.714. The van der Waals surface area contributed by atoms with Gasteiger partial charge in [0.05, 0.1) is 30.2 Å². The minimum Gasteiger partial charge on any atom is -0.447 e. The number of ether oxygens (including phenoxy) is 2. The average Bonchev–Trinajstić information content (AvgIpc) is 2.66. The summed E-state index contributed by atoms with van der Waals surface area (Å²) < 4.78 is 11.5. The van der Waals surface area contributed by atoms with Crippen molar-refractivity contribution in [3.63, 3.8) is 0 Å². The maximum absolute atomic E-state index is 9.76. The van der Waals surface area contributed by atoms with Crippen LogP contribution in [0.25, 0.3) is 0 Å². The molecule has 1 N–H and O–H groups in total. The van der Waals surface area contributed by atoms with Crippen LogP contribution in [0.2, 0.25) is 0 Å². The number of hydrogen-bond acceptors (Lipinski definition) is 6. The van der Waals surface area contributed by atoms with Gasteiger partial charge in [-0.05, 0) is 19.8 Å². The fourth-order valence-electron chi connectivity index (χ4n) is 4.12. The molecular weight excluding hydrogens is 256 g/mol. The van der Waals surface area contributed by atoms with E-state index in [9.17, 15) is 15.8 Å². The molecule has 0 amide bonds. The molecule has 0 spiro atoms. The van der Waals surface area contributed by atoms with Gasteiger partial charge in [-0.15, -0.1) is 0 Å². The Hall–Kier alpha value is -2.10. The molecule has 102 valence electrons. The summed E-state index contributed by atoms with van der Waals surface area (Å²) >= 11 is 0. The van der Waals surface area contributed by atoms with Gasteiger partial charge in [-0.3, -0.25) is 5.41 Å². The van der Waals surface area contributed by atoms with Crippen LogP contribution in [-0.4, -0.2) is 17.8 Å². The van der Waals surface area contributed by atoms with Crippen LogP contribution in [0, 0.1) is 56.2 Å². The van der Waals surface area contributed by atoms with Gasteiger partial charge in [-0.1, -0.05) is 6.42 Å². The predicted octanol–water partition coefficient (Wildman–Crippen LogP) is 1.84. The van der Waals surface area contributed by atoms with Crippen molar-refractivity contribution >= 4 is 5.90 Å². The molecule has 0 aromatic carbocycles. The molecule has 6 nitrogen and oxygen atoms in total. The van der Waals surface area contributed by atoms with E-state index in [2.05, 4.69) is 6.07 Å². The Bertz CT molecular complexity index is 596. The predicted molar refractivity (Wildman–Crippen MR) is 65.8 cm³/mol. The third-order valence-electron chi connectivity index (χ3n) is 5.09. The van der Waals surface area contributed by atoms with E-state index >= 15 is 0 Å². The molecule has 0 unspecified atom stereocenters. The molecule has 2 heterocycles. The van der Waals surface area contributed by atoms with Crippen LogP contribution < -0.4 is 0 Å². The highest BCUT2D eigenvalue weighted by Crippen LogP contribution is 2.66. The number of nitrogens with zero attached hydrogens (tertiary/aromatic N) is 3. The summed E-state index contributed by atoms with van der Waals surface area (Å²) in [6.45, 7) is 1.62. The second-order valence-corrected chi connectivity index (χ2v) is 5.75. The SMILES string of the molecule is C[C@@H]1O[C@@]23CCCC[C@@H]2[C@@](C#N)(C(=N)O3)C1(C#N)C#N. The molecule has 3 aliphatic rings. The van der Waals surface area contributed by atoms with Gasteiger partial charge in [0.25, 0.3) is 0 Å². The van der Waals surface area contributed by atoms with Crippen molar-refractivity contribution in [3.8, 4) is 18.2 Å². The highest BCUT2D eigenvalue weighted by molar-refractivity contribution is 5.89. The molecule has 1 aliphatic carbocycles. The maximum Gasteiger partial charge on any atom is 0.217 e. The van der Waals surface area contributed by atoms with Crippen LogP contribution in [0.3, 0.4) is 0 Å². The summed E-state index contributed by atoms with van der Waals surface area (Å²) in [4.78, 5) is 0. The Morgan fingerprint density at radius 1 is 1.20 bits per heavy atom. The topological polar surface area (TPSA) is 114 Å². The van der Waals surface area contributed by atoms with Crippen molar-refractivity contribution < 1.29 is 9.47 Å². The largest absolute Gasteiger partial charge is 0.447 e. The van der Waals surface area contributed by atoms with Crippen LogP contribution in [0.15, 0.2) is 0 Å². The highest BCUT2D eigenvalue weighted by Gasteiger charge is 2.79. The zero-order chi connectivity index (χ0) is 14.6. The monoisotopic (exact) mass is 270 g/mol. The minimum absolute atomic E-state index is 0.278. The zero-order valence-electron chi connectivity index (χ0n) is 11.1. The van der Waals surface area contributed by atoms with E-state index in [1.165, 1.54) is 0 Å². The summed E-state index contributed by atoms with van der Waals surface area (Å²) in [5.41, 5.74) is -3.21. The Morgan fingerprint density at radius 2 is 1.90 bits per heavy atom. The molecule has 2 bridgehead atoms. The van der Waals surface area contributed by atoms with Gasteiger partial charge in [0.15, 0.2) is 10.8 Å². The Kier molecular flexibility index (Phi) is 2.40. The molecule has 2 aliphatic heterocycles. The number of hydrogen-bond donors (Lipinski definition) is 1. The van der Waals surface area contributed by atoms with Crippen LogP contribution in [-0.2, 0) is 9.47 Å². The molecule has 2 saturated heterocycles. The molecule has 0 aromatic heterocycles. The molecular formula is C14H14N4O2. The lowest BCUT2D eigenvalue weighted by Gasteiger charge is -2.50. The lowest BCUT2D eigenvalue weighted by atomic mass is 9.52. The third-order valence-corrected chi connectivity index (χ3v) is 5.09. The Morgan fingerprint density at radius 3 is 2.50 bits per heavy atom. The minimum atomic E-state index is -1.69. The van der Waals surface area contributed by atoms with Gasteiger partial charge in [-0.2, -0.15) is 15.8 Å². The zero-order valence-corrected chi connectivity index (χ0v) is 11.1. The second-order valence-electron chi connectivity index (χ2n) is 5.75. The maximum atomic E-state index is 9.76. The first-order chi connectivity index (χ1) is 9.53. The van der Waals surface area contributed by atoms with Crippen molar-refractivity contribution in [2.45, 2.75) is 44.5 Å². The second kappa shape index (κ2) is 3.72. The van der Waals surface area contributed by atoms with E-state index in [1.54, 1.807) is 6.92 Å². The van der Waals surface area contributed by atoms with Gasteiger partial charge in [0.2, 0.25) is 11.7 Å². The Labute approximate surface area is 117 Å². The van der Waals surface area contributed by atoms with E-state index in [0.717, 1.165) is 12.8 Å². The van der Waals surface area contributed by atoms with E-state index < -0.39 is 28.6 Å². The first-order valence-corrected chi connectivity index (χ1v) is 6.72. The van der Waals surface area contributed by atoms with E-state index in [1.807, 2.05) is 12.1 Å². The summed E-state index contributed by atoms with van der Waals surface area (Å²) in [7, 11) is 0. The molecule has 3 rings (SSSR count). The van der Waals surface area contributed by atoms with Crippen molar-refractivity contribution in [2.24, 2.45) is 16.7 Å². The van der Waals surface area contributed by atoms with Crippen LogP contribution in [0.1, 0.15) is 32.6 Å². The molecule has 0 radical (unpaired) electrons. The summed E-state index contributed by atoms with van der Waals surface area (Å²) in [6.07, 6.45) is 2.24. The van der Waals surface area contributed by atoms with Gasteiger partial charge >= 0.3 is 0 Å². The summed E-state index contributed by atoms with van der Waals surface area (Å²) in [5.74, 6) is -1.70. The number of nitrogens with one attached hydrogen (secondary N) is 1. The third kappa shape index (κ3) is 1.05. The number of rotatable bonds is 0. The molecule has 6 heteroatoms. The molecule has 20 heavy (non-hydrogen) atoms. The summed E-state index contributed by atoms with van der Waals surface area (Å²) in [5, 5.41) is 37.1. The number of nitriles is 3. The van der Waals surface area contributed by atoms with E-state index in [0.29, 0.717) is 12.8 Å². The quantitative estimate of drug-likeness (QED) is 0.721. The van der Waals surface area contributed by atoms with E-state index in [-0.39, 0.29) is 5.90 Å². The highest BCUT2D eigenvalue weighted by atomic mass is 16.7. The van der Waals surface area contributed by atoms with Gasteiger partial charge in [0.1, 0.15) is 0 Å². The lowest BCUT2D eigenvalue weighted by Crippen LogP contribution is -2.62. The Balaban J connectivity index is 2.30. The van der Waals surface area contributed by atoms with Crippen molar-refractivity contribution in [1.29, 1.82) is 21.2 Å². The van der Waals surface area contributed by atoms with Gasteiger partial charge < -0.3 is 9.47 Å². The van der Waals surface area contributed by atoms with Crippen molar-refractivity contribution in [3.05, 3.63) is 0 Å². The molecule has 3 fully saturated rings. The smallest absolute Gasteiger partial charge is 0.217 e. The summed E-state index contributed by atoms with van der Waals surface area (Å²) in [6, 6.07) is 6.04.